The molecule has 2 aromatic heterocycles. The summed E-state index contributed by atoms with van der Waals surface area (Å²) >= 11 is 1.31. The van der Waals surface area contributed by atoms with E-state index in [1.807, 2.05) is 38.1 Å². The average Bonchev–Trinajstić information content (AvgIpc) is 3.29. The zero-order valence-corrected chi connectivity index (χ0v) is 20.0. The average molecular weight is 464 g/mol. The van der Waals surface area contributed by atoms with Crippen molar-refractivity contribution in [1.29, 1.82) is 0 Å². The van der Waals surface area contributed by atoms with Gasteiger partial charge in [0.15, 0.2) is 0 Å². The topological polar surface area (TPSA) is 67.6 Å². The van der Waals surface area contributed by atoms with Crippen molar-refractivity contribution in [1.82, 2.24) is 14.5 Å². The second kappa shape index (κ2) is 8.94. The number of rotatable bonds is 4. The zero-order chi connectivity index (χ0) is 23.1. The zero-order valence-electron chi connectivity index (χ0n) is 19.2. The van der Waals surface area contributed by atoms with E-state index in [4.69, 9.17) is 4.74 Å². The summed E-state index contributed by atoms with van der Waals surface area (Å²) in [5.41, 5.74) is 1.26. The number of piperidine rings is 1. The Morgan fingerprint density at radius 2 is 1.88 bits per heavy atom. The number of hydrogen-bond acceptors (Lipinski definition) is 6. The van der Waals surface area contributed by atoms with Crippen molar-refractivity contribution >= 4 is 21.6 Å². The van der Waals surface area contributed by atoms with Crippen molar-refractivity contribution in [2.75, 3.05) is 7.05 Å². The molecule has 0 aliphatic carbocycles. The maximum Gasteiger partial charge on any atom is 0.275 e. The number of nitrogens with zero attached hydrogens (tertiary/aromatic N) is 3. The lowest BCUT2D eigenvalue weighted by Crippen LogP contribution is -2.43. The molecule has 0 saturated carbocycles. The summed E-state index contributed by atoms with van der Waals surface area (Å²) in [6, 6.07) is 10.8. The van der Waals surface area contributed by atoms with Crippen molar-refractivity contribution in [2.24, 2.45) is 5.92 Å². The Morgan fingerprint density at radius 3 is 2.55 bits per heavy atom. The van der Waals surface area contributed by atoms with Gasteiger partial charge in [0.25, 0.3) is 5.56 Å². The molecular formula is C26H29N3O3S. The Kier molecular flexibility index (Phi) is 6.00. The van der Waals surface area contributed by atoms with Crippen LogP contribution in [0.15, 0.2) is 41.5 Å². The third kappa shape index (κ3) is 4.43. The number of aliphatic hydroxyl groups excluding tert-OH is 1. The summed E-state index contributed by atoms with van der Waals surface area (Å²) < 4.78 is 8.39. The van der Waals surface area contributed by atoms with Gasteiger partial charge >= 0.3 is 0 Å². The first-order valence-electron chi connectivity index (χ1n) is 11.6. The first-order chi connectivity index (χ1) is 15.9. The van der Waals surface area contributed by atoms with E-state index in [1.165, 1.54) is 24.2 Å². The third-order valence-corrected chi connectivity index (χ3v) is 7.91. The molecule has 2 saturated heterocycles. The molecule has 0 amide bonds. The summed E-state index contributed by atoms with van der Waals surface area (Å²) in [5, 5.41) is 9.91. The van der Waals surface area contributed by atoms with Crippen LogP contribution in [0, 0.1) is 17.8 Å². The molecule has 2 fully saturated rings. The molecule has 4 heterocycles. The minimum absolute atomic E-state index is 0.0590. The standard InChI is InChI=1S/C26H29N3O3S/c1-16(2)24(30)11-10-22-14-23-25(33-22)26(31)29(15-27-23)17-6-8-20(9-7-17)32-21-12-18-4-5-19(13-21)28(18)3/h6-9,14-16,18-19,21,24,30H,4-5,12-13H2,1-3H3/t18-,19+,21+,24?. The van der Waals surface area contributed by atoms with Crippen LogP contribution in [0.1, 0.15) is 44.4 Å². The molecule has 172 valence electrons. The third-order valence-electron chi connectivity index (χ3n) is 6.89. The fourth-order valence-corrected chi connectivity index (χ4v) is 5.71. The Labute approximate surface area is 197 Å². The SMILES string of the molecule is CC(C)C(O)C#Cc1cc2ncn(-c3ccc(O[C@H]4C[C@H]5CC[C@@H](C4)N5C)cc3)c(=O)c2s1. The molecule has 3 aromatic rings. The second-order valence-corrected chi connectivity index (χ2v) is 10.5. The summed E-state index contributed by atoms with van der Waals surface area (Å²) in [6.45, 7) is 3.83. The van der Waals surface area contributed by atoms with Gasteiger partial charge < -0.3 is 14.7 Å². The molecular weight excluding hydrogens is 434 g/mol. The molecule has 1 N–H and O–H groups in total. The monoisotopic (exact) mass is 463 g/mol. The number of hydrogen-bond donors (Lipinski definition) is 1. The summed E-state index contributed by atoms with van der Waals surface area (Å²) in [6.07, 6.45) is 5.82. The highest BCUT2D eigenvalue weighted by molar-refractivity contribution is 7.19. The van der Waals surface area contributed by atoms with Crippen molar-refractivity contribution in [3.63, 3.8) is 0 Å². The van der Waals surface area contributed by atoms with Crippen molar-refractivity contribution in [3.8, 4) is 23.3 Å². The molecule has 6 nitrogen and oxygen atoms in total. The molecule has 5 rings (SSSR count). The Hall–Kier alpha value is -2.66. The van der Waals surface area contributed by atoms with Crippen LogP contribution >= 0.6 is 11.3 Å². The van der Waals surface area contributed by atoms with Crippen LogP contribution in [-0.4, -0.2) is 50.9 Å². The van der Waals surface area contributed by atoms with Gasteiger partial charge in [-0.2, -0.15) is 0 Å². The van der Waals surface area contributed by atoms with E-state index in [-0.39, 0.29) is 17.6 Å². The Bertz CT molecular complexity index is 1250. The van der Waals surface area contributed by atoms with E-state index in [0.717, 1.165) is 29.2 Å². The Balaban J connectivity index is 1.34. The quantitative estimate of drug-likeness (QED) is 0.596. The Morgan fingerprint density at radius 1 is 1.18 bits per heavy atom. The molecule has 1 unspecified atom stereocenters. The molecule has 2 aliphatic heterocycles. The van der Waals surface area contributed by atoms with Crippen LogP contribution in [0.4, 0.5) is 0 Å². The lowest BCUT2D eigenvalue weighted by atomic mass is 10.0. The van der Waals surface area contributed by atoms with Gasteiger partial charge in [-0.1, -0.05) is 25.7 Å². The number of benzene rings is 1. The van der Waals surface area contributed by atoms with Crippen LogP contribution in [0.2, 0.25) is 0 Å². The fraction of sp³-hybridized carbons (Fsp3) is 0.462. The van der Waals surface area contributed by atoms with E-state index < -0.39 is 6.10 Å². The highest BCUT2D eigenvalue weighted by atomic mass is 32.1. The summed E-state index contributed by atoms with van der Waals surface area (Å²) in [5.74, 6) is 6.71. The van der Waals surface area contributed by atoms with Crippen molar-refractivity contribution < 1.29 is 9.84 Å². The molecule has 7 heteroatoms. The van der Waals surface area contributed by atoms with Crippen LogP contribution in [0.5, 0.6) is 5.75 Å². The molecule has 4 atom stereocenters. The maximum atomic E-state index is 13.1. The van der Waals surface area contributed by atoms with Crippen molar-refractivity contribution in [2.45, 2.75) is 63.8 Å². The van der Waals surface area contributed by atoms with E-state index in [0.29, 0.717) is 22.3 Å². The van der Waals surface area contributed by atoms with Gasteiger partial charge in [0, 0.05) is 12.1 Å². The number of fused-ring (bicyclic) bond motifs is 3. The summed E-state index contributed by atoms with van der Waals surface area (Å²) in [7, 11) is 2.23. The number of aromatic nitrogens is 2. The lowest BCUT2D eigenvalue weighted by Gasteiger charge is -2.36. The largest absolute Gasteiger partial charge is 0.490 e. The van der Waals surface area contributed by atoms with Gasteiger partial charge in [0.05, 0.1) is 16.1 Å². The first kappa shape index (κ1) is 22.1. The van der Waals surface area contributed by atoms with Crippen LogP contribution < -0.4 is 10.3 Å². The fourth-order valence-electron chi connectivity index (χ4n) is 4.81. The predicted molar refractivity (Wildman–Crippen MR) is 131 cm³/mol. The van der Waals surface area contributed by atoms with E-state index in [1.54, 1.807) is 17.0 Å². The van der Waals surface area contributed by atoms with E-state index in [2.05, 4.69) is 28.8 Å². The van der Waals surface area contributed by atoms with E-state index in [9.17, 15) is 9.90 Å². The maximum absolute atomic E-state index is 13.1. The predicted octanol–water partition coefficient (Wildman–Crippen LogP) is 3.82. The van der Waals surface area contributed by atoms with Gasteiger partial charge in [-0.15, -0.1) is 11.3 Å². The molecule has 33 heavy (non-hydrogen) atoms. The highest BCUT2D eigenvalue weighted by Crippen LogP contribution is 2.36. The van der Waals surface area contributed by atoms with Gasteiger partial charge in [-0.25, -0.2) is 4.98 Å². The molecule has 1 aromatic carbocycles. The molecule has 2 bridgehead atoms. The molecule has 0 spiro atoms. The number of ether oxygens (including phenoxy) is 1. The number of thiophene rings is 1. The second-order valence-electron chi connectivity index (χ2n) is 9.46. The van der Waals surface area contributed by atoms with Gasteiger partial charge in [-0.3, -0.25) is 9.36 Å². The van der Waals surface area contributed by atoms with Crippen LogP contribution in [-0.2, 0) is 0 Å². The van der Waals surface area contributed by atoms with Gasteiger partial charge in [0.1, 0.15) is 29.0 Å². The minimum Gasteiger partial charge on any atom is -0.490 e. The first-order valence-corrected chi connectivity index (χ1v) is 12.4. The van der Waals surface area contributed by atoms with Crippen molar-refractivity contribution in [3.05, 3.63) is 51.9 Å². The van der Waals surface area contributed by atoms with Crippen LogP contribution in [0.3, 0.4) is 0 Å². The molecule has 0 radical (unpaired) electrons. The van der Waals surface area contributed by atoms with Gasteiger partial charge in [-0.05, 0) is 69.0 Å². The smallest absolute Gasteiger partial charge is 0.275 e. The minimum atomic E-state index is -0.690. The highest BCUT2D eigenvalue weighted by Gasteiger charge is 2.39. The van der Waals surface area contributed by atoms with E-state index >= 15 is 0 Å². The number of aliphatic hydroxyl groups is 1. The summed E-state index contributed by atoms with van der Waals surface area (Å²) in [4.78, 5) is 20.8. The van der Waals surface area contributed by atoms with Crippen LogP contribution in [0.25, 0.3) is 15.9 Å². The molecule has 2 aliphatic rings. The normalized spacial score (nSPS) is 23.5. The lowest BCUT2D eigenvalue weighted by molar-refractivity contribution is 0.0662. The van der Waals surface area contributed by atoms with Gasteiger partial charge in [0.2, 0.25) is 0 Å².